The van der Waals surface area contributed by atoms with Crippen LogP contribution in [0.4, 0.5) is 0 Å². The van der Waals surface area contributed by atoms with Crippen LogP contribution in [0.2, 0.25) is 0 Å². The lowest BCUT2D eigenvalue weighted by atomic mass is 9.66. The SMILES string of the molecule is NCC1(C2(O)CCOC2)CCOCC1. The summed E-state index contributed by atoms with van der Waals surface area (Å²) < 4.78 is 10.6. The van der Waals surface area contributed by atoms with Crippen molar-refractivity contribution in [2.75, 3.05) is 33.0 Å². The molecule has 82 valence electrons. The molecule has 2 aliphatic rings. The van der Waals surface area contributed by atoms with E-state index in [0.29, 0.717) is 39.4 Å². The van der Waals surface area contributed by atoms with E-state index in [1.807, 2.05) is 0 Å². The van der Waals surface area contributed by atoms with Gasteiger partial charge in [0.15, 0.2) is 0 Å². The van der Waals surface area contributed by atoms with Crippen LogP contribution >= 0.6 is 0 Å². The maximum atomic E-state index is 10.5. The first-order chi connectivity index (χ1) is 6.72. The first kappa shape index (κ1) is 10.4. The molecule has 0 saturated carbocycles. The number of aliphatic hydroxyl groups is 1. The van der Waals surface area contributed by atoms with Crippen molar-refractivity contribution in [3.63, 3.8) is 0 Å². The summed E-state index contributed by atoms with van der Waals surface area (Å²) in [7, 11) is 0. The summed E-state index contributed by atoms with van der Waals surface area (Å²) in [5.74, 6) is 0. The molecule has 2 heterocycles. The molecule has 0 radical (unpaired) electrons. The van der Waals surface area contributed by atoms with Gasteiger partial charge < -0.3 is 20.3 Å². The topological polar surface area (TPSA) is 64.7 Å². The molecule has 2 rings (SSSR count). The van der Waals surface area contributed by atoms with Crippen LogP contribution in [0.25, 0.3) is 0 Å². The molecule has 2 saturated heterocycles. The van der Waals surface area contributed by atoms with E-state index in [4.69, 9.17) is 15.2 Å². The van der Waals surface area contributed by atoms with Crippen molar-refractivity contribution in [3.8, 4) is 0 Å². The monoisotopic (exact) mass is 201 g/mol. The molecule has 0 aromatic heterocycles. The third-order valence-corrected chi connectivity index (χ3v) is 3.83. The zero-order valence-corrected chi connectivity index (χ0v) is 8.50. The Morgan fingerprint density at radius 3 is 2.21 bits per heavy atom. The Morgan fingerprint density at radius 1 is 1.07 bits per heavy atom. The van der Waals surface area contributed by atoms with Gasteiger partial charge in [0.25, 0.3) is 0 Å². The second kappa shape index (κ2) is 3.77. The summed E-state index contributed by atoms with van der Waals surface area (Å²) in [6.45, 7) is 3.03. The third kappa shape index (κ3) is 1.46. The zero-order valence-electron chi connectivity index (χ0n) is 8.50. The predicted molar refractivity (Wildman–Crippen MR) is 51.9 cm³/mol. The fourth-order valence-corrected chi connectivity index (χ4v) is 2.59. The van der Waals surface area contributed by atoms with Crippen LogP contribution in [0.5, 0.6) is 0 Å². The van der Waals surface area contributed by atoms with Gasteiger partial charge in [-0.25, -0.2) is 0 Å². The summed E-state index contributed by atoms with van der Waals surface area (Å²) in [6, 6.07) is 0. The van der Waals surface area contributed by atoms with Crippen LogP contribution in [0.1, 0.15) is 19.3 Å². The standard InChI is InChI=1S/C10H19NO3/c11-7-9(1-4-13-5-2-9)10(12)3-6-14-8-10/h12H,1-8,11H2. The van der Waals surface area contributed by atoms with Gasteiger partial charge in [-0.05, 0) is 12.8 Å². The Hall–Kier alpha value is -0.160. The molecule has 4 nitrogen and oxygen atoms in total. The second-order valence-corrected chi connectivity index (χ2v) is 4.43. The van der Waals surface area contributed by atoms with Gasteiger partial charge in [-0.3, -0.25) is 0 Å². The lowest BCUT2D eigenvalue weighted by Gasteiger charge is -2.46. The zero-order chi connectivity index (χ0) is 10.1. The maximum absolute atomic E-state index is 10.5. The smallest absolute Gasteiger partial charge is 0.0971 e. The molecular weight excluding hydrogens is 182 g/mol. The van der Waals surface area contributed by atoms with Crippen molar-refractivity contribution >= 4 is 0 Å². The van der Waals surface area contributed by atoms with Crippen molar-refractivity contribution in [3.05, 3.63) is 0 Å². The van der Waals surface area contributed by atoms with Gasteiger partial charge >= 0.3 is 0 Å². The molecule has 4 heteroatoms. The quantitative estimate of drug-likeness (QED) is 0.654. The molecular formula is C10H19NO3. The normalized spacial score (nSPS) is 37.3. The van der Waals surface area contributed by atoms with E-state index in [0.717, 1.165) is 12.8 Å². The summed E-state index contributed by atoms with van der Waals surface area (Å²) in [4.78, 5) is 0. The van der Waals surface area contributed by atoms with Crippen LogP contribution in [-0.2, 0) is 9.47 Å². The van der Waals surface area contributed by atoms with Crippen molar-refractivity contribution in [2.24, 2.45) is 11.1 Å². The minimum Gasteiger partial charge on any atom is -0.387 e. The fourth-order valence-electron chi connectivity index (χ4n) is 2.59. The van der Waals surface area contributed by atoms with Crippen molar-refractivity contribution in [2.45, 2.75) is 24.9 Å². The van der Waals surface area contributed by atoms with Gasteiger partial charge in [-0.2, -0.15) is 0 Å². The number of nitrogens with two attached hydrogens (primary N) is 1. The Labute approximate surface area is 84.4 Å². The van der Waals surface area contributed by atoms with E-state index < -0.39 is 5.60 Å². The molecule has 0 amide bonds. The van der Waals surface area contributed by atoms with E-state index in [-0.39, 0.29) is 5.41 Å². The lowest BCUT2D eigenvalue weighted by Crippen LogP contribution is -2.55. The minimum absolute atomic E-state index is 0.179. The molecule has 1 atom stereocenters. The number of ether oxygens (including phenoxy) is 2. The van der Waals surface area contributed by atoms with E-state index in [1.54, 1.807) is 0 Å². The molecule has 0 spiro atoms. The summed E-state index contributed by atoms with van der Waals surface area (Å²) >= 11 is 0. The minimum atomic E-state index is -0.717. The largest absolute Gasteiger partial charge is 0.387 e. The highest BCUT2D eigenvalue weighted by molar-refractivity contribution is 5.02. The molecule has 2 fully saturated rings. The lowest BCUT2D eigenvalue weighted by molar-refractivity contribution is -0.128. The second-order valence-electron chi connectivity index (χ2n) is 4.43. The van der Waals surface area contributed by atoms with E-state index in [1.165, 1.54) is 0 Å². The molecule has 3 N–H and O–H groups in total. The molecule has 2 aliphatic heterocycles. The highest BCUT2D eigenvalue weighted by atomic mass is 16.5. The first-order valence-electron chi connectivity index (χ1n) is 5.30. The van der Waals surface area contributed by atoms with E-state index in [9.17, 15) is 5.11 Å². The van der Waals surface area contributed by atoms with Crippen molar-refractivity contribution in [1.82, 2.24) is 0 Å². The highest BCUT2D eigenvalue weighted by Crippen LogP contribution is 2.44. The van der Waals surface area contributed by atoms with E-state index in [2.05, 4.69) is 0 Å². The number of hydrogen-bond donors (Lipinski definition) is 2. The molecule has 0 aromatic rings. The molecule has 0 aliphatic carbocycles. The van der Waals surface area contributed by atoms with Gasteiger partial charge in [0.05, 0.1) is 12.2 Å². The number of hydrogen-bond acceptors (Lipinski definition) is 4. The average Bonchev–Trinajstić information content (AvgIpc) is 2.68. The maximum Gasteiger partial charge on any atom is 0.0971 e. The van der Waals surface area contributed by atoms with Crippen LogP contribution in [0.3, 0.4) is 0 Å². The molecule has 0 bridgehead atoms. The summed E-state index contributed by atoms with van der Waals surface area (Å²) in [5, 5.41) is 10.5. The molecule has 0 aromatic carbocycles. The Kier molecular flexibility index (Phi) is 2.79. The third-order valence-electron chi connectivity index (χ3n) is 3.83. The van der Waals surface area contributed by atoms with Crippen LogP contribution < -0.4 is 5.73 Å². The van der Waals surface area contributed by atoms with Crippen LogP contribution in [0, 0.1) is 5.41 Å². The van der Waals surface area contributed by atoms with Gasteiger partial charge in [0.1, 0.15) is 0 Å². The van der Waals surface area contributed by atoms with Gasteiger partial charge in [-0.1, -0.05) is 0 Å². The van der Waals surface area contributed by atoms with Gasteiger partial charge in [0.2, 0.25) is 0 Å². The van der Waals surface area contributed by atoms with Gasteiger partial charge in [0, 0.05) is 38.2 Å². The van der Waals surface area contributed by atoms with Crippen molar-refractivity contribution in [1.29, 1.82) is 0 Å². The molecule has 14 heavy (non-hydrogen) atoms. The van der Waals surface area contributed by atoms with Crippen molar-refractivity contribution < 1.29 is 14.6 Å². The Morgan fingerprint density at radius 2 is 1.71 bits per heavy atom. The Balaban J connectivity index is 2.16. The number of rotatable bonds is 2. The highest BCUT2D eigenvalue weighted by Gasteiger charge is 2.52. The summed E-state index contributed by atoms with van der Waals surface area (Å²) in [6.07, 6.45) is 2.41. The van der Waals surface area contributed by atoms with Crippen LogP contribution in [-0.4, -0.2) is 43.7 Å². The average molecular weight is 201 g/mol. The van der Waals surface area contributed by atoms with Crippen LogP contribution in [0.15, 0.2) is 0 Å². The first-order valence-corrected chi connectivity index (χ1v) is 5.30. The predicted octanol–water partition coefficient (Wildman–Crippen LogP) is -0.107. The van der Waals surface area contributed by atoms with Gasteiger partial charge in [-0.15, -0.1) is 0 Å². The fraction of sp³-hybridized carbons (Fsp3) is 1.00. The van der Waals surface area contributed by atoms with E-state index >= 15 is 0 Å². The Bertz CT molecular complexity index is 196. The summed E-state index contributed by atoms with van der Waals surface area (Å²) in [5.41, 5.74) is 4.94. The molecule has 1 unspecified atom stereocenters.